The Bertz CT molecular complexity index is 957. The van der Waals surface area contributed by atoms with Crippen molar-refractivity contribution in [1.29, 1.82) is 0 Å². The first-order valence-electron chi connectivity index (χ1n) is 9.84. The summed E-state index contributed by atoms with van der Waals surface area (Å²) < 4.78 is 10.5. The number of para-hydroxylation sites is 1. The molecule has 30 heavy (non-hydrogen) atoms. The maximum Gasteiger partial charge on any atom is 0.344 e. The van der Waals surface area contributed by atoms with Crippen LogP contribution in [-0.2, 0) is 20.7 Å². The molecule has 0 radical (unpaired) electrons. The second-order valence-corrected chi connectivity index (χ2v) is 6.94. The van der Waals surface area contributed by atoms with E-state index in [9.17, 15) is 9.59 Å². The molecule has 3 aromatic rings. The fraction of sp³-hybridized carbons (Fsp3) is 0.200. The minimum Gasteiger partial charge on any atom is -0.482 e. The molecule has 0 aliphatic heterocycles. The average molecular weight is 403 g/mol. The predicted molar refractivity (Wildman–Crippen MR) is 115 cm³/mol. The van der Waals surface area contributed by atoms with Gasteiger partial charge in [-0.1, -0.05) is 78.9 Å². The van der Waals surface area contributed by atoms with Crippen molar-refractivity contribution in [2.75, 3.05) is 13.2 Å². The van der Waals surface area contributed by atoms with Crippen LogP contribution in [0.15, 0.2) is 84.9 Å². The number of aryl methyl sites for hydroxylation is 1. The van der Waals surface area contributed by atoms with Crippen molar-refractivity contribution < 1.29 is 19.1 Å². The lowest BCUT2D eigenvalue weighted by Crippen LogP contribution is -2.34. The van der Waals surface area contributed by atoms with Crippen molar-refractivity contribution in [1.82, 2.24) is 5.32 Å². The fourth-order valence-electron chi connectivity index (χ4n) is 3.07. The van der Waals surface area contributed by atoms with E-state index >= 15 is 0 Å². The number of nitrogens with one attached hydrogen (secondary N) is 1. The first kappa shape index (κ1) is 21.1. The van der Waals surface area contributed by atoms with Gasteiger partial charge in [-0.2, -0.15) is 0 Å². The molecule has 3 aromatic carbocycles. The van der Waals surface area contributed by atoms with Crippen LogP contribution >= 0.6 is 0 Å². The smallest absolute Gasteiger partial charge is 0.344 e. The lowest BCUT2D eigenvalue weighted by atomic mass is 9.99. The van der Waals surface area contributed by atoms with Gasteiger partial charge in [-0.3, -0.25) is 4.79 Å². The SMILES string of the molecule is Cc1ccccc1OCC(=O)OCC(=O)N[C@H](Cc1ccccc1)c1ccccc1. The minimum atomic E-state index is -0.590. The highest BCUT2D eigenvalue weighted by molar-refractivity contribution is 5.81. The van der Waals surface area contributed by atoms with Gasteiger partial charge in [-0.25, -0.2) is 4.79 Å². The summed E-state index contributed by atoms with van der Waals surface area (Å²) in [5, 5.41) is 2.96. The summed E-state index contributed by atoms with van der Waals surface area (Å²) in [5.74, 6) is -0.331. The molecule has 0 bridgehead atoms. The van der Waals surface area contributed by atoms with Gasteiger partial charge in [0.25, 0.3) is 5.91 Å². The van der Waals surface area contributed by atoms with Crippen molar-refractivity contribution >= 4 is 11.9 Å². The maximum absolute atomic E-state index is 12.4. The van der Waals surface area contributed by atoms with Crippen LogP contribution in [0.5, 0.6) is 5.75 Å². The summed E-state index contributed by atoms with van der Waals surface area (Å²) in [6.45, 7) is 1.29. The van der Waals surface area contributed by atoms with Crippen LogP contribution in [0.2, 0.25) is 0 Å². The second-order valence-electron chi connectivity index (χ2n) is 6.94. The zero-order valence-electron chi connectivity index (χ0n) is 16.9. The first-order chi connectivity index (χ1) is 14.6. The van der Waals surface area contributed by atoms with E-state index in [2.05, 4.69) is 5.32 Å². The molecule has 1 atom stereocenters. The monoisotopic (exact) mass is 403 g/mol. The number of ether oxygens (including phenoxy) is 2. The maximum atomic E-state index is 12.4. The van der Waals surface area contributed by atoms with Gasteiger partial charge in [0, 0.05) is 0 Å². The largest absolute Gasteiger partial charge is 0.482 e. The average Bonchev–Trinajstić information content (AvgIpc) is 2.78. The van der Waals surface area contributed by atoms with E-state index < -0.39 is 5.97 Å². The zero-order valence-corrected chi connectivity index (χ0v) is 16.9. The summed E-state index contributed by atoms with van der Waals surface area (Å²) in [5.41, 5.74) is 3.02. The third-order valence-corrected chi connectivity index (χ3v) is 4.62. The Morgan fingerprint density at radius 1 is 0.833 bits per heavy atom. The molecule has 154 valence electrons. The van der Waals surface area contributed by atoms with E-state index in [1.807, 2.05) is 85.8 Å². The third kappa shape index (κ3) is 6.48. The minimum absolute atomic E-state index is 0.219. The Labute approximate surface area is 176 Å². The van der Waals surface area contributed by atoms with Gasteiger partial charge in [0.15, 0.2) is 13.2 Å². The molecule has 0 unspecified atom stereocenters. The molecule has 5 heteroatoms. The number of esters is 1. The Morgan fingerprint density at radius 3 is 2.17 bits per heavy atom. The molecule has 0 aliphatic rings. The van der Waals surface area contributed by atoms with Gasteiger partial charge >= 0.3 is 5.97 Å². The van der Waals surface area contributed by atoms with Crippen LogP contribution in [0, 0.1) is 6.92 Å². The van der Waals surface area contributed by atoms with Crippen molar-refractivity contribution in [3.8, 4) is 5.75 Å². The second kappa shape index (κ2) is 10.8. The Kier molecular flexibility index (Phi) is 7.61. The van der Waals surface area contributed by atoms with E-state index in [0.717, 1.165) is 16.7 Å². The molecule has 5 nitrogen and oxygen atoms in total. The number of rotatable bonds is 9. The van der Waals surface area contributed by atoms with Crippen molar-refractivity contribution in [2.45, 2.75) is 19.4 Å². The van der Waals surface area contributed by atoms with Crippen LogP contribution in [0.3, 0.4) is 0 Å². The zero-order chi connectivity index (χ0) is 21.2. The molecule has 0 spiro atoms. The van der Waals surface area contributed by atoms with Crippen molar-refractivity contribution in [2.24, 2.45) is 0 Å². The Hall–Kier alpha value is -3.60. The van der Waals surface area contributed by atoms with Crippen molar-refractivity contribution in [3.05, 3.63) is 102 Å². The van der Waals surface area contributed by atoms with E-state index in [1.165, 1.54) is 0 Å². The topological polar surface area (TPSA) is 64.6 Å². The van der Waals surface area contributed by atoms with Crippen LogP contribution in [0.25, 0.3) is 0 Å². The van der Waals surface area contributed by atoms with Gasteiger partial charge in [0.2, 0.25) is 0 Å². The molecule has 0 heterocycles. The Balaban J connectivity index is 1.52. The highest BCUT2D eigenvalue weighted by atomic mass is 16.6. The molecule has 1 N–H and O–H groups in total. The number of carbonyl (C=O) groups excluding carboxylic acids is 2. The summed E-state index contributed by atoms with van der Waals surface area (Å²) in [6.07, 6.45) is 0.640. The van der Waals surface area contributed by atoms with E-state index in [-0.39, 0.29) is 25.2 Å². The van der Waals surface area contributed by atoms with E-state index in [4.69, 9.17) is 9.47 Å². The summed E-state index contributed by atoms with van der Waals surface area (Å²) in [7, 11) is 0. The van der Waals surface area contributed by atoms with Gasteiger partial charge in [0.05, 0.1) is 6.04 Å². The number of hydrogen-bond acceptors (Lipinski definition) is 4. The van der Waals surface area contributed by atoms with E-state index in [1.54, 1.807) is 6.07 Å². The third-order valence-electron chi connectivity index (χ3n) is 4.62. The number of amides is 1. The molecule has 1 amide bonds. The van der Waals surface area contributed by atoms with Gasteiger partial charge in [-0.05, 0) is 36.1 Å². The summed E-state index contributed by atoms with van der Waals surface area (Å²) in [6, 6.07) is 26.8. The fourth-order valence-corrected chi connectivity index (χ4v) is 3.07. The standard InChI is InChI=1S/C25H25NO4/c1-19-10-8-9-15-23(19)29-18-25(28)30-17-24(27)26-22(21-13-6-3-7-14-21)16-20-11-4-2-5-12-20/h2-15,22H,16-18H2,1H3,(H,26,27)/t22-/m1/s1. The highest BCUT2D eigenvalue weighted by Gasteiger charge is 2.17. The summed E-state index contributed by atoms with van der Waals surface area (Å²) >= 11 is 0. The molecule has 0 saturated carbocycles. The van der Waals surface area contributed by atoms with Crippen LogP contribution in [0.4, 0.5) is 0 Å². The predicted octanol–water partition coefficient (Wildman–Crippen LogP) is 4.02. The quantitative estimate of drug-likeness (QED) is 0.548. The lowest BCUT2D eigenvalue weighted by Gasteiger charge is -2.19. The summed E-state index contributed by atoms with van der Waals surface area (Å²) in [4.78, 5) is 24.4. The number of carbonyl (C=O) groups is 2. The molecule has 0 fully saturated rings. The van der Waals surface area contributed by atoms with Gasteiger partial charge < -0.3 is 14.8 Å². The van der Waals surface area contributed by atoms with Crippen LogP contribution in [0.1, 0.15) is 22.7 Å². The Morgan fingerprint density at radius 2 is 1.47 bits per heavy atom. The number of hydrogen-bond donors (Lipinski definition) is 1. The normalized spacial score (nSPS) is 11.4. The number of benzene rings is 3. The van der Waals surface area contributed by atoms with Crippen LogP contribution < -0.4 is 10.1 Å². The molecular formula is C25H25NO4. The molecular weight excluding hydrogens is 378 g/mol. The molecule has 0 saturated heterocycles. The van der Waals surface area contributed by atoms with Crippen molar-refractivity contribution in [3.63, 3.8) is 0 Å². The van der Waals surface area contributed by atoms with E-state index in [0.29, 0.717) is 12.2 Å². The highest BCUT2D eigenvalue weighted by Crippen LogP contribution is 2.18. The van der Waals surface area contributed by atoms with Crippen LogP contribution in [-0.4, -0.2) is 25.1 Å². The molecule has 3 rings (SSSR count). The first-order valence-corrected chi connectivity index (χ1v) is 9.84. The molecule has 0 aromatic heterocycles. The molecule has 0 aliphatic carbocycles. The van der Waals surface area contributed by atoms with Gasteiger partial charge in [0.1, 0.15) is 5.75 Å². The lowest BCUT2D eigenvalue weighted by molar-refractivity contribution is -0.150. The van der Waals surface area contributed by atoms with Gasteiger partial charge in [-0.15, -0.1) is 0 Å².